The molecule has 1 saturated heterocycles. The smallest absolute Gasteiger partial charge is 0.326 e. The molecular formula is C12H21NO4. The Morgan fingerprint density at radius 3 is 2.65 bits per heavy atom. The average molecular weight is 243 g/mol. The van der Waals surface area contributed by atoms with Crippen LogP contribution in [-0.2, 0) is 14.3 Å². The number of nitrogens with one attached hydrogen (secondary N) is 1. The maximum atomic E-state index is 11.6. The first-order chi connectivity index (χ1) is 7.99. The summed E-state index contributed by atoms with van der Waals surface area (Å²) >= 11 is 0. The van der Waals surface area contributed by atoms with E-state index in [0.29, 0.717) is 13.0 Å². The van der Waals surface area contributed by atoms with E-state index in [4.69, 9.17) is 9.84 Å². The minimum absolute atomic E-state index is 0.0384. The van der Waals surface area contributed by atoms with E-state index in [-0.39, 0.29) is 24.3 Å². The number of hydrogen-bond donors (Lipinski definition) is 2. The number of carboxylic acids is 1. The van der Waals surface area contributed by atoms with Crippen LogP contribution >= 0.6 is 0 Å². The summed E-state index contributed by atoms with van der Waals surface area (Å²) in [4.78, 5) is 22.6. The fourth-order valence-corrected chi connectivity index (χ4v) is 1.96. The van der Waals surface area contributed by atoms with Crippen LogP contribution in [0.3, 0.4) is 0 Å². The highest BCUT2D eigenvalue weighted by molar-refractivity contribution is 5.83. The summed E-state index contributed by atoms with van der Waals surface area (Å²) in [6, 6.07) is -0.788. The maximum absolute atomic E-state index is 11.6. The molecule has 0 bridgehead atoms. The highest BCUT2D eigenvalue weighted by atomic mass is 16.5. The van der Waals surface area contributed by atoms with E-state index in [0.717, 1.165) is 12.8 Å². The molecule has 0 aromatic rings. The van der Waals surface area contributed by atoms with Gasteiger partial charge in [-0.3, -0.25) is 4.79 Å². The predicted octanol–water partition coefficient (Wildman–Crippen LogP) is 1.17. The highest BCUT2D eigenvalue weighted by Gasteiger charge is 2.24. The largest absolute Gasteiger partial charge is 0.480 e. The molecule has 17 heavy (non-hydrogen) atoms. The summed E-state index contributed by atoms with van der Waals surface area (Å²) in [7, 11) is 0. The Hall–Kier alpha value is -1.10. The molecule has 0 aliphatic carbocycles. The molecule has 98 valence electrons. The van der Waals surface area contributed by atoms with E-state index in [1.165, 1.54) is 0 Å². The lowest BCUT2D eigenvalue weighted by Crippen LogP contribution is -2.42. The number of carboxylic acid groups (broad SMARTS) is 1. The molecule has 1 aliphatic rings. The zero-order chi connectivity index (χ0) is 12.8. The minimum Gasteiger partial charge on any atom is -0.480 e. The number of rotatable bonds is 6. The van der Waals surface area contributed by atoms with Gasteiger partial charge in [-0.15, -0.1) is 0 Å². The molecule has 1 unspecified atom stereocenters. The lowest BCUT2D eigenvalue weighted by atomic mass is 10.0. The van der Waals surface area contributed by atoms with E-state index < -0.39 is 12.0 Å². The van der Waals surface area contributed by atoms with Gasteiger partial charge in [0.25, 0.3) is 0 Å². The highest BCUT2D eigenvalue weighted by Crippen LogP contribution is 2.15. The van der Waals surface area contributed by atoms with Crippen LogP contribution in [0.5, 0.6) is 0 Å². The normalized spacial score (nSPS) is 21.5. The van der Waals surface area contributed by atoms with E-state index in [2.05, 4.69) is 5.32 Å². The van der Waals surface area contributed by atoms with Gasteiger partial charge in [0, 0.05) is 6.61 Å². The molecule has 0 spiro atoms. The molecule has 1 fully saturated rings. The summed E-state index contributed by atoms with van der Waals surface area (Å²) in [5, 5.41) is 11.5. The second-order valence-electron chi connectivity index (χ2n) is 4.93. The van der Waals surface area contributed by atoms with Gasteiger partial charge in [0.1, 0.15) is 6.04 Å². The van der Waals surface area contributed by atoms with Gasteiger partial charge in [-0.25, -0.2) is 4.79 Å². The van der Waals surface area contributed by atoms with Crippen molar-refractivity contribution < 1.29 is 19.4 Å². The van der Waals surface area contributed by atoms with Gasteiger partial charge in [-0.1, -0.05) is 13.8 Å². The summed E-state index contributed by atoms with van der Waals surface area (Å²) in [5.74, 6) is -0.969. The first kappa shape index (κ1) is 14.0. The lowest BCUT2D eigenvalue weighted by Gasteiger charge is -2.17. The van der Waals surface area contributed by atoms with Crippen LogP contribution in [-0.4, -0.2) is 35.7 Å². The van der Waals surface area contributed by atoms with Crippen molar-refractivity contribution in [2.24, 2.45) is 5.92 Å². The Morgan fingerprint density at radius 1 is 1.47 bits per heavy atom. The molecule has 0 radical (unpaired) electrons. The lowest BCUT2D eigenvalue weighted by molar-refractivity contribution is -0.142. The molecule has 1 amide bonds. The fraction of sp³-hybridized carbons (Fsp3) is 0.833. The molecular weight excluding hydrogens is 222 g/mol. The topological polar surface area (TPSA) is 75.6 Å². The molecule has 2 N–H and O–H groups in total. The molecule has 2 atom stereocenters. The standard InChI is InChI=1S/C12H21NO4/c1-8(2)6-10(12(15)16)13-11(14)7-9-4-3-5-17-9/h8-10H,3-7H2,1-2H3,(H,13,14)(H,15,16)/t9?,10-/m1/s1. The molecule has 1 rings (SSSR count). The minimum atomic E-state index is -0.973. The van der Waals surface area contributed by atoms with Crippen molar-refractivity contribution >= 4 is 11.9 Å². The first-order valence-corrected chi connectivity index (χ1v) is 6.12. The van der Waals surface area contributed by atoms with Crippen molar-refractivity contribution in [1.29, 1.82) is 0 Å². The van der Waals surface area contributed by atoms with Gasteiger partial charge in [0.05, 0.1) is 12.5 Å². The van der Waals surface area contributed by atoms with Crippen LogP contribution in [0.4, 0.5) is 0 Å². The number of aliphatic carboxylic acids is 1. The van der Waals surface area contributed by atoms with Crippen molar-refractivity contribution in [2.75, 3.05) is 6.61 Å². The second-order valence-corrected chi connectivity index (χ2v) is 4.93. The molecule has 1 aliphatic heterocycles. The summed E-state index contributed by atoms with van der Waals surface area (Å²) in [6.07, 6.45) is 2.54. The van der Waals surface area contributed by atoms with Crippen molar-refractivity contribution in [2.45, 2.75) is 51.7 Å². The Balaban J connectivity index is 2.37. The number of carbonyl (C=O) groups excluding carboxylic acids is 1. The Kier molecular flexibility index (Phi) is 5.41. The van der Waals surface area contributed by atoms with Crippen LogP contribution < -0.4 is 5.32 Å². The van der Waals surface area contributed by atoms with Crippen molar-refractivity contribution in [3.8, 4) is 0 Å². The summed E-state index contributed by atoms with van der Waals surface area (Å²) < 4.78 is 5.34. The van der Waals surface area contributed by atoms with Crippen LogP contribution in [0.25, 0.3) is 0 Å². The number of carbonyl (C=O) groups is 2. The number of amides is 1. The van der Waals surface area contributed by atoms with Gasteiger partial charge >= 0.3 is 5.97 Å². The van der Waals surface area contributed by atoms with Crippen molar-refractivity contribution in [1.82, 2.24) is 5.32 Å². The van der Waals surface area contributed by atoms with E-state index in [1.54, 1.807) is 0 Å². The number of ether oxygens (including phenoxy) is 1. The van der Waals surface area contributed by atoms with Gasteiger partial charge in [-0.05, 0) is 25.2 Å². The molecule has 0 aromatic carbocycles. The fourth-order valence-electron chi connectivity index (χ4n) is 1.96. The van der Waals surface area contributed by atoms with E-state index in [9.17, 15) is 9.59 Å². The SMILES string of the molecule is CC(C)C[C@@H](NC(=O)CC1CCCO1)C(=O)O. The van der Waals surface area contributed by atoms with E-state index >= 15 is 0 Å². The Bertz CT molecular complexity index is 272. The van der Waals surface area contributed by atoms with Crippen LogP contribution in [0.1, 0.15) is 39.5 Å². The van der Waals surface area contributed by atoms with Crippen molar-refractivity contribution in [3.63, 3.8) is 0 Å². The summed E-state index contributed by atoms with van der Waals surface area (Å²) in [6.45, 7) is 4.57. The van der Waals surface area contributed by atoms with Gasteiger partial charge in [0.2, 0.25) is 5.91 Å². The third kappa shape index (κ3) is 5.17. The van der Waals surface area contributed by atoms with Gasteiger partial charge in [0.15, 0.2) is 0 Å². The maximum Gasteiger partial charge on any atom is 0.326 e. The zero-order valence-corrected chi connectivity index (χ0v) is 10.4. The van der Waals surface area contributed by atoms with Crippen LogP contribution in [0, 0.1) is 5.92 Å². The van der Waals surface area contributed by atoms with Crippen molar-refractivity contribution in [3.05, 3.63) is 0 Å². The van der Waals surface area contributed by atoms with Crippen LogP contribution in [0.15, 0.2) is 0 Å². The molecule has 5 heteroatoms. The molecule has 1 heterocycles. The second kappa shape index (κ2) is 6.59. The third-order valence-electron chi connectivity index (χ3n) is 2.78. The Morgan fingerprint density at radius 2 is 2.18 bits per heavy atom. The average Bonchev–Trinajstić information content (AvgIpc) is 2.68. The molecule has 0 saturated carbocycles. The van der Waals surface area contributed by atoms with Gasteiger partial charge < -0.3 is 15.2 Å². The quantitative estimate of drug-likeness (QED) is 0.734. The Labute approximate surface area is 102 Å². The number of hydrogen-bond acceptors (Lipinski definition) is 3. The van der Waals surface area contributed by atoms with Gasteiger partial charge in [-0.2, -0.15) is 0 Å². The monoisotopic (exact) mass is 243 g/mol. The van der Waals surface area contributed by atoms with E-state index in [1.807, 2.05) is 13.8 Å². The zero-order valence-electron chi connectivity index (χ0n) is 10.4. The summed E-state index contributed by atoms with van der Waals surface area (Å²) in [5.41, 5.74) is 0. The van der Waals surface area contributed by atoms with Crippen LogP contribution in [0.2, 0.25) is 0 Å². The molecule has 0 aromatic heterocycles. The first-order valence-electron chi connectivity index (χ1n) is 6.12. The molecule has 5 nitrogen and oxygen atoms in total. The third-order valence-corrected chi connectivity index (χ3v) is 2.78. The predicted molar refractivity (Wildman–Crippen MR) is 62.6 cm³/mol.